The number of aryl methyl sites for hydroxylation is 1. The van der Waals surface area contributed by atoms with E-state index in [1.54, 1.807) is 0 Å². The summed E-state index contributed by atoms with van der Waals surface area (Å²) in [5.74, 6) is 0.914. The number of anilines is 3. The van der Waals surface area contributed by atoms with Crippen LogP contribution in [-0.2, 0) is 0 Å². The Kier molecular flexibility index (Phi) is 2.65. The van der Waals surface area contributed by atoms with Crippen LogP contribution >= 0.6 is 0 Å². The van der Waals surface area contributed by atoms with E-state index >= 15 is 0 Å². The van der Waals surface area contributed by atoms with Gasteiger partial charge in [0.2, 0.25) is 0 Å². The van der Waals surface area contributed by atoms with Crippen LogP contribution in [0.2, 0.25) is 0 Å². The van der Waals surface area contributed by atoms with E-state index in [4.69, 9.17) is 4.42 Å². The Morgan fingerprint density at radius 3 is 2.83 bits per heavy atom. The third-order valence-corrected chi connectivity index (χ3v) is 4.74. The minimum absolute atomic E-state index is 0.118. The smallest absolute Gasteiger partial charge is 0.159 e. The molecule has 0 bridgehead atoms. The fourth-order valence-electron chi connectivity index (χ4n) is 3.66. The van der Waals surface area contributed by atoms with Crippen LogP contribution in [0.3, 0.4) is 0 Å². The number of fused-ring (bicyclic) bond motifs is 4. The highest BCUT2D eigenvalue weighted by molar-refractivity contribution is 6.10. The van der Waals surface area contributed by atoms with Crippen LogP contribution in [0, 0.1) is 6.92 Å². The number of hydrogen-bond acceptors (Lipinski definition) is 4. The number of aromatic nitrogens is 1. The highest BCUT2D eigenvalue weighted by Crippen LogP contribution is 2.45. The first-order valence-electron chi connectivity index (χ1n) is 8.15. The number of nitrogens with zero attached hydrogens (tertiary/aromatic N) is 2. The van der Waals surface area contributed by atoms with Crippen molar-refractivity contribution in [3.05, 3.63) is 60.3 Å². The molecule has 0 radical (unpaired) electrons. The maximum atomic E-state index is 6.25. The van der Waals surface area contributed by atoms with Gasteiger partial charge in [0, 0.05) is 17.0 Å². The molecule has 4 nitrogen and oxygen atoms in total. The second-order valence-electron chi connectivity index (χ2n) is 6.27. The van der Waals surface area contributed by atoms with Crippen LogP contribution in [0.15, 0.2) is 59.1 Å². The molecule has 4 heteroatoms. The quantitative estimate of drug-likeness (QED) is 0.524. The minimum atomic E-state index is 0.118. The van der Waals surface area contributed by atoms with Gasteiger partial charge in [-0.3, -0.25) is 0 Å². The van der Waals surface area contributed by atoms with Crippen LogP contribution in [0.5, 0.6) is 0 Å². The number of benzene rings is 2. The van der Waals surface area contributed by atoms with Crippen molar-refractivity contribution in [2.45, 2.75) is 20.0 Å². The van der Waals surface area contributed by atoms with E-state index in [9.17, 15) is 0 Å². The van der Waals surface area contributed by atoms with Crippen molar-refractivity contribution in [1.29, 1.82) is 0 Å². The van der Waals surface area contributed by atoms with Gasteiger partial charge in [0.25, 0.3) is 0 Å². The number of hydrogen-bond donors (Lipinski definition) is 1. The molecule has 0 fully saturated rings. The third-order valence-electron chi connectivity index (χ3n) is 4.74. The summed E-state index contributed by atoms with van der Waals surface area (Å²) in [6, 6.07) is 16.6. The normalized spacial score (nSPS) is 16.6. The van der Waals surface area contributed by atoms with Gasteiger partial charge >= 0.3 is 0 Å². The molecule has 118 valence electrons. The summed E-state index contributed by atoms with van der Waals surface area (Å²) >= 11 is 0. The maximum Gasteiger partial charge on any atom is 0.159 e. The molecule has 3 heterocycles. The van der Waals surface area contributed by atoms with E-state index in [2.05, 4.69) is 59.4 Å². The van der Waals surface area contributed by atoms with Crippen LogP contribution in [-0.4, -0.2) is 11.1 Å². The highest BCUT2D eigenvalue weighted by Gasteiger charge is 2.30. The average Bonchev–Trinajstić information content (AvgIpc) is 3.12. The lowest BCUT2D eigenvalue weighted by molar-refractivity contribution is 0.665. The van der Waals surface area contributed by atoms with Gasteiger partial charge in [-0.1, -0.05) is 30.3 Å². The lowest BCUT2D eigenvalue weighted by atomic mass is 10.1. The number of rotatable bonds is 1. The Morgan fingerprint density at radius 1 is 1.04 bits per heavy atom. The molecule has 0 unspecified atom stereocenters. The summed E-state index contributed by atoms with van der Waals surface area (Å²) in [6.07, 6.45) is 1.93. The molecule has 5 rings (SSSR count). The van der Waals surface area contributed by atoms with Gasteiger partial charge in [-0.05, 0) is 37.6 Å². The number of pyridine rings is 1. The SMILES string of the molecule is Cc1ccc2c(oc3ccccc32)c1N1c2cccnc2N[C@@H]1C. The van der Waals surface area contributed by atoms with Crippen molar-refractivity contribution in [2.75, 3.05) is 10.2 Å². The van der Waals surface area contributed by atoms with Gasteiger partial charge in [-0.2, -0.15) is 0 Å². The lowest BCUT2D eigenvalue weighted by Gasteiger charge is -2.25. The van der Waals surface area contributed by atoms with Crippen molar-refractivity contribution < 1.29 is 4.42 Å². The molecule has 1 aliphatic heterocycles. The molecular weight excluding hydrogens is 298 g/mol. The first kappa shape index (κ1) is 13.4. The zero-order valence-corrected chi connectivity index (χ0v) is 13.6. The van der Waals surface area contributed by atoms with E-state index in [-0.39, 0.29) is 6.17 Å². The largest absolute Gasteiger partial charge is 0.454 e. The van der Waals surface area contributed by atoms with Crippen LogP contribution in [0.1, 0.15) is 12.5 Å². The van der Waals surface area contributed by atoms with Crippen molar-refractivity contribution in [3.8, 4) is 0 Å². The second-order valence-corrected chi connectivity index (χ2v) is 6.27. The molecule has 1 N–H and O–H groups in total. The highest BCUT2D eigenvalue weighted by atomic mass is 16.3. The topological polar surface area (TPSA) is 41.3 Å². The molecule has 1 aliphatic rings. The van der Waals surface area contributed by atoms with E-state index < -0.39 is 0 Å². The lowest BCUT2D eigenvalue weighted by Crippen LogP contribution is -2.29. The molecule has 0 saturated heterocycles. The van der Waals surface area contributed by atoms with Gasteiger partial charge in [0.05, 0.1) is 11.4 Å². The fourth-order valence-corrected chi connectivity index (χ4v) is 3.66. The molecule has 2 aromatic carbocycles. The molecule has 0 amide bonds. The Balaban J connectivity index is 1.85. The summed E-state index contributed by atoms with van der Waals surface area (Å²) < 4.78 is 6.25. The van der Waals surface area contributed by atoms with Crippen LogP contribution in [0.25, 0.3) is 21.9 Å². The van der Waals surface area contributed by atoms with Crippen molar-refractivity contribution >= 4 is 39.1 Å². The van der Waals surface area contributed by atoms with E-state index in [0.717, 1.165) is 39.1 Å². The fraction of sp³-hybridized carbons (Fsp3) is 0.150. The van der Waals surface area contributed by atoms with E-state index in [0.29, 0.717) is 0 Å². The van der Waals surface area contributed by atoms with Gasteiger partial charge in [0.1, 0.15) is 11.7 Å². The summed E-state index contributed by atoms with van der Waals surface area (Å²) in [5, 5.41) is 5.75. The molecule has 24 heavy (non-hydrogen) atoms. The zero-order chi connectivity index (χ0) is 16.3. The Bertz CT molecular complexity index is 1080. The monoisotopic (exact) mass is 315 g/mol. The summed E-state index contributed by atoms with van der Waals surface area (Å²) in [6.45, 7) is 4.27. The Morgan fingerprint density at radius 2 is 1.92 bits per heavy atom. The first-order chi connectivity index (χ1) is 11.7. The van der Waals surface area contributed by atoms with E-state index in [1.807, 2.05) is 24.4 Å². The first-order valence-corrected chi connectivity index (χ1v) is 8.15. The zero-order valence-electron chi connectivity index (χ0n) is 13.6. The van der Waals surface area contributed by atoms with Gasteiger partial charge in [0.15, 0.2) is 11.4 Å². The van der Waals surface area contributed by atoms with Crippen molar-refractivity contribution in [2.24, 2.45) is 0 Å². The molecule has 4 aromatic rings. The maximum absolute atomic E-state index is 6.25. The molecule has 0 spiro atoms. The summed E-state index contributed by atoms with van der Waals surface area (Å²) in [7, 11) is 0. The van der Waals surface area contributed by atoms with Gasteiger partial charge in [-0.15, -0.1) is 0 Å². The molecule has 1 atom stereocenters. The van der Waals surface area contributed by atoms with Crippen LogP contribution in [0.4, 0.5) is 17.2 Å². The predicted octanol–water partition coefficient (Wildman–Crippen LogP) is 5.20. The van der Waals surface area contributed by atoms with Crippen molar-refractivity contribution in [1.82, 2.24) is 4.98 Å². The van der Waals surface area contributed by atoms with E-state index in [1.165, 1.54) is 5.56 Å². The molecular formula is C20H17N3O. The molecule has 0 aliphatic carbocycles. The second kappa shape index (κ2) is 4.74. The Hall–Kier alpha value is -3.01. The number of furan rings is 1. The summed E-state index contributed by atoms with van der Waals surface area (Å²) in [4.78, 5) is 6.73. The number of nitrogens with one attached hydrogen (secondary N) is 1. The van der Waals surface area contributed by atoms with Crippen molar-refractivity contribution in [3.63, 3.8) is 0 Å². The third kappa shape index (κ3) is 1.71. The predicted molar refractivity (Wildman–Crippen MR) is 97.9 cm³/mol. The molecule has 2 aromatic heterocycles. The van der Waals surface area contributed by atoms with Crippen LogP contribution < -0.4 is 10.2 Å². The number of para-hydroxylation sites is 1. The Labute approximate surface area is 139 Å². The van der Waals surface area contributed by atoms with Gasteiger partial charge < -0.3 is 14.6 Å². The van der Waals surface area contributed by atoms with Gasteiger partial charge in [-0.25, -0.2) is 4.98 Å². The summed E-state index contributed by atoms with van der Waals surface area (Å²) in [5.41, 5.74) is 5.23. The average molecular weight is 315 g/mol. The molecule has 0 saturated carbocycles. The standard InChI is InChI=1S/C20H17N3O/c1-12-9-10-15-14-6-3-4-8-17(14)24-19(15)18(12)23-13(2)22-20-16(23)7-5-11-21-20/h3-11,13H,1-2H3,(H,21,22)/t13-/m0/s1. The minimum Gasteiger partial charge on any atom is -0.454 e.